The number of nitrogen functional groups attached to an aromatic ring is 1. The molecular weight excluding hydrogens is 270 g/mol. The molecule has 0 bridgehead atoms. The first kappa shape index (κ1) is 12.0. The average Bonchev–Trinajstić information content (AvgIpc) is 2.72. The molecule has 0 unspecified atom stereocenters. The van der Waals surface area contributed by atoms with E-state index in [4.69, 9.17) is 17.3 Å². The van der Waals surface area contributed by atoms with E-state index in [-0.39, 0.29) is 10.8 Å². The van der Waals surface area contributed by atoms with Crippen molar-refractivity contribution in [3.8, 4) is 0 Å². The second-order valence-electron chi connectivity index (χ2n) is 3.14. The van der Waals surface area contributed by atoms with Crippen LogP contribution in [0.2, 0.25) is 5.15 Å². The van der Waals surface area contributed by atoms with E-state index in [0.29, 0.717) is 16.4 Å². The van der Waals surface area contributed by atoms with Gasteiger partial charge in [0.25, 0.3) is 6.43 Å². The fraction of sp³-hybridized carbons (Fsp3) is 0.111. The Labute approximate surface area is 105 Å². The monoisotopic (exact) mass is 276 g/mol. The highest BCUT2D eigenvalue weighted by molar-refractivity contribution is 7.10. The van der Waals surface area contributed by atoms with Gasteiger partial charge >= 0.3 is 0 Å². The number of hydrogen-bond donors (Lipinski definition) is 2. The molecule has 0 saturated carbocycles. The Balaban J connectivity index is 2.22. The fourth-order valence-corrected chi connectivity index (χ4v) is 1.96. The molecule has 4 nitrogen and oxygen atoms in total. The first-order valence-corrected chi connectivity index (χ1v) is 5.64. The van der Waals surface area contributed by atoms with E-state index in [1.54, 1.807) is 0 Å². The number of nitrogens with one attached hydrogen (secondary N) is 1. The lowest BCUT2D eigenvalue weighted by Crippen LogP contribution is -1.96. The zero-order chi connectivity index (χ0) is 12.4. The Morgan fingerprint density at radius 2 is 2.18 bits per heavy atom. The first-order valence-electron chi connectivity index (χ1n) is 4.49. The van der Waals surface area contributed by atoms with Crippen LogP contribution in [-0.2, 0) is 0 Å². The summed E-state index contributed by atoms with van der Waals surface area (Å²) < 4.78 is 28.2. The van der Waals surface area contributed by atoms with Crippen LogP contribution < -0.4 is 11.1 Å². The predicted octanol–water partition coefficient (Wildman–Crippen LogP) is 3.45. The van der Waals surface area contributed by atoms with Crippen molar-refractivity contribution in [2.45, 2.75) is 6.43 Å². The van der Waals surface area contributed by atoms with Gasteiger partial charge in [-0.05, 0) is 11.5 Å². The fourth-order valence-electron chi connectivity index (χ4n) is 1.13. The maximum Gasteiger partial charge on any atom is 0.281 e. The Kier molecular flexibility index (Phi) is 3.39. The summed E-state index contributed by atoms with van der Waals surface area (Å²) >= 11 is 6.63. The summed E-state index contributed by atoms with van der Waals surface area (Å²) in [6.45, 7) is 0. The van der Waals surface area contributed by atoms with Crippen molar-refractivity contribution in [3.63, 3.8) is 0 Å². The van der Waals surface area contributed by atoms with Crippen LogP contribution in [0.15, 0.2) is 18.3 Å². The summed E-state index contributed by atoms with van der Waals surface area (Å²) in [4.78, 5) is 3.78. The van der Waals surface area contributed by atoms with Gasteiger partial charge in [-0.15, -0.1) is 0 Å². The zero-order valence-electron chi connectivity index (χ0n) is 8.32. The van der Waals surface area contributed by atoms with Crippen LogP contribution in [0, 0.1) is 0 Å². The SMILES string of the molecule is Nc1cnc(Cl)cc1Nc1cc(C(F)F)ns1. The number of halogens is 3. The molecule has 17 heavy (non-hydrogen) atoms. The van der Waals surface area contributed by atoms with Crippen LogP contribution in [0.25, 0.3) is 0 Å². The summed E-state index contributed by atoms with van der Waals surface area (Å²) in [5.41, 5.74) is 6.27. The summed E-state index contributed by atoms with van der Waals surface area (Å²) in [7, 11) is 0. The average molecular weight is 277 g/mol. The number of pyridine rings is 1. The number of anilines is 3. The van der Waals surface area contributed by atoms with Crippen molar-refractivity contribution in [1.82, 2.24) is 9.36 Å². The van der Waals surface area contributed by atoms with Gasteiger partial charge in [-0.2, -0.15) is 4.37 Å². The molecule has 0 aliphatic heterocycles. The zero-order valence-corrected chi connectivity index (χ0v) is 9.90. The van der Waals surface area contributed by atoms with Gasteiger partial charge < -0.3 is 11.1 Å². The second kappa shape index (κ2) is 4.80. The Morgan fingerprint density at radius 3 is 2.82 bits per heavy atom. The smallest absolute Gasteiger partial charge is 0.281 e. The molecule has 3 N–H and O–H groups in total. The third kappa shape index (κ3) is 2.80. The molecule has 2 rings (SSSR count). The van der Waals surface area contributed by atoms with Crippen molar-refractivity contribution in [3.05, 3.63) is 29.2 Å². The predicted molar refractivity (Wildman–Crippen MR) is 64.0 cm³/mol. The molecule has 0 aliphatic carbocycles. The lowest BCUT2D eigenvalue weighted by atomic mass is 10.3. The normalized spacial score (nSPS) is 10.8. The number of rotatable bonds is 3. The van der Waals surface area contributed by atoms with Crippen molar-refractivity contribution in [2.75, 3.05) is 11.1 Å². The first-order chi connectivity index (χ1) is 8.06. The highest BCUT2D eigenvalue weighted by Gasteiger charge is 2.12. The molecule has 2 aromatic heterocycles. The summed E-state index contributed by atoms with van der Waals surface area (Å²) in [6, 6.07) is 2.78. The van der Waals surface area contributed by atoms with E-state index in [1.807, 2.05) is 0 Å². The van der Waals surface area contributed by atoms with Gasteiger partial charge in [0.15, 0.2) is 0 Å². The molecule has 90 valence electrons. The molecule has 0 amide bonds. The lowest BCUT2D eigenvalue weighted by molar-refractivity contribution is 0.147. The van der Waals surface area contributed by atoms with Crippen LogP contribution >= 0.6 is 23.1 Å². The Bertz CT molecular complexity index is 531. The molecule has 2 aromatic rings. The number of nitrogens with two attached hydrogens (primary N) is 1. The standard InChI is InChI=1S/C9H7ClF2N4S/c10-7-1-5(4(13)3-14-7)15-8-2-6(9(11)12)16-17-8/h1-3,9H,13H2,(H,14,15). The van der Waals surface area contributed by atoms with Gasteiger partial charge in [0.05, 0.1) is 17.6 Å². The van der Waals surface area contributed by atoms with E-state index in [1.165, 1.54) is 18.3 Å². The second-order valence-corrected chi connectivity index (χ2v) is 4.33. The summed E-state index contributed by atoms with van der Waals surface area (Å²) in [6.07, 6.45) is -1.19. The highest BCUT2D eigenvalue weighted by Crippen LogP contribution is 2.30. The minimum Gasteiger partial charge on any atom is -0.396 e. The quantitative estimate of drug-likeness (QED) is 0.843. The van der Waals surface area contributed by atoms with E-state index < -0.39 is 6.43 Å². The molecule has 0 aliphatic rings. The van der Waals surface area contributed by atoms with Gasteiger partial charge in [0.1, 0.15) is 15.8 Å². The van der Waals surface area contributed by atoms with Gasteiger partial charge in [-0.3, -0.25) is 0 Å². The minimum atomic E-state index is -2.58. The molecule has 0 fully saturated rings. The molecule has 0 aromatic carbocycles. The summed E-state index contributed by atoms with van der Waals surface area (Å²) in [5, 5.41) is 3.59. The van der Waals surface area contributed by atoms with Crippen LogP contribution in [0.4, 0.5) is 25.2 Å². The Hall–Kier alpha value is -1.47. The van der Waals surface area contributed by atoms with Crippen LogP contribution in [0.3, 0.4) is 0 Å². The van der Waals surface area contributed by atoms with Crippen LogP contribution in [-0.4, -0.2) is 9.36 Å². The number of alkyl halides is 2. The van der Waals surface area contributed by atoms with Gasteiger partial charge in [-0.25, -0.2) is 13.8 Å². The minimum absolute atomic E-state index is 0.264. The molecule has 0 spiro atoms. The molecular formula is C9H7ClF2N4S. The van der Waals surface area contributed by atoms with Gasteiger partial charge in [0, 0.05) is 12.1 Å². The van der Waals surface area contributed by atoms with Crippen molar-refractivity contribution in [2.24, 2.45) is 0 Å². The number of nitrogens with zero attached hydrogens (tertiary/aromatic N) is 2. The summed E-state index contributed by atoms with van der Waals surface area (Å²) in [5.74, 6) is 0. The van der Waals surface area contributed by atoms with E-state index in [0.717, 1.165) is 11.5 Å². The Morgan fingerprint density at radius 1 is 1.41 bits per heavy atom. The van der Waals surface area contributed by atoms with Gasteiger partial charge in [0.2, 0.25) is 0 Å². The largest absolute Gasteiger partial charge is 0.396 e. The van der Waals surface area contributed by atoms with E-state index >= 15 is 0 Å². The maximum absolute atomic E-state index is 12.3. The van der Waals surface area contributed by atoms with Crippen molar-refractivity contribution >= 4 is 39.5 Å². The highest BCUT2D eigenvalue weighted by atomic mass is 35.5. The molecule has 2 heterocycles. The number of hydrogen-bond acceptors (Lipinski definition) is 5. The molecule has 8 heteroatoms. The third-order valence-corrected chi connectivity index (χ3v) is 2.84. The number of aromatic nitrogens is 2. The molecule has 0 saturated heterocycles. The van der Waals surface area contributed by atoms with E-state index in [2.05, 4.69) is 14.7 Å². The maximum atomic E-state index is 12.3. The molecule has 0 radical (unpaired) electrons. The van der Waals surface area contributed by atoms with Crippen LogP contribution in [0.5, 0.6) is 0 Å². The molecule has 0 atom stereocenters. The topological polar surface area (TPSA) is 63.8 Å². The van der Waals surface area contributed by atoms with Crippen LogP contribution in [0.1, 0.15) is 12.1 Å². The third-order valence-electron chi connectivity index (χ3n) is 1.91. The lowest BCUT2D eigenvalue weighted by Gasteiger charge is -2.06. The van der Waals surface area contributed by atoms with Gasteiger partial charge in [-0.1, -0.05) is 11.6 Å². The van der Waals surface area contributed by atoms with Crippen molar-refractivity contribution < 1.29 is 8.78 Å². The van der Waals surface area contributed by atoms with E-state index in [9.17, 15) is 8.78 Å². The van der Waals surface area contributed by atoms with Crippen molar-refractivity contribution in [1.29, 1.82) is 0 Å².